The molecule has 0 aliphatic heterocycles. The molecule has 0 fully saturated rings. The van der Waals surface area contributed by atoms with Gasteiger partial charge in [0.25, 0.3) is 17.1 Å². The lowest BCUT2D eigenvalue weighted by molar-refractivity contribution is -0.404. The number of nitro benzene ring substituents is 3. The van der Waals surface area contributed by atoms with Gasteiger partial charge in [-0.2, -0.15) is 0 Å². The van der Waals surface area contributed by atoms with Crippen LogP contribution < -0.4 is 0 Å². The van der Waals surface area contributed by atoms with Crippen LogP contribution in [0.2, 0.25) is 0 Å². The van der Waals surface area contributed by atoms with Crippen LogP contribution >= 0.6 is 11.6 Å². The molecule has 0 aliphatic carbocycles. The first-order valence-corrected chi connectivity index (χ1v) is 5.36. The molecule has 0 aromatic heterocycles. The monoisotopic (exact) mass is 303 g/mol. The van der Waals surface area contributed by atoms with Gasteiger partial charge in [-0.05, 0) is 6.92 Å². The predicted molar refractivity (Wildman–Crippen MR) is 65.7 cm³/mol. The summed E-state index contributed by atoms with van der Waals surface area (Å²) in [5.41, 5.74) is -3.39. The van der Waals surface area contributed by atoms with Crippen molar-refractivity contribution in [3.8, 4) is 0 Å². The Morgan fingerprint density at radius 3 is 1.70 bits per heavy atom. The molecule has 106 valence electrons. The Labute approximate surface area is 115 Å². The maximum absolute atomic E-state index is 11.2. The summed E-state index contributed by atoms with van der Waals surface area (Å²) in [5, 5.41) is 30.8. The van der Waals surface area contributed by atoms with Gasteiger partial charge in [0.15, 0.2) is 5.78 Å². The molecule has 20 heavy (non-hydrogen) atoms. The van der Waals surface area contributed by atoms with E-state index in [1.807, 2.05) is 0 Å². The van der Waals surface area contributed by atoms with Gasteiger partial charge in [-0.25, -0.2) is 0 Å². The van der Waals surface area contributed by atoms with Crippen LogP contribution in [0.5, 0.6) is 0 Å². The summed E-state index contributed by atoms with van der Waals surface area (Å²) in [6.45, 7) is 0.993. The fourth-order valence-corrected chi connectivity index (χ4v) is 1.70. The molecular weight excluding hydrogens is 298 g/mol. The number of non-ortho nitro benzene ring substituents is 1. The normalized spacial score (nSPS) is 11.7. The number of rotatable bonds is 5. The van der Waals surface area contributed by atoms with E-state index < -0.39 is 48.6 Å². The largest absolute Gasteiger partial charge is 0.298 e. The van der Waals surface area contributed by atoms with Crippen LogP contribution in [0, 0.1) is 30.3 Å². The number of benzene rings is 1. The molecule has 0 N–H and O–H groups in total. The van der Waals surface area contributed by atoms with Gasteiger partial charge in [0.2, 0.25) is 0 Å². The zero-order chi connectivity index (χ0) is 15.6. The Kier molecular flexibility index (Phi) is 4.30. The number of alkyl halides is 1. The van der Waals surface area contributed by atoms with Gasteiger partial charge in [0.05, 0.1) is 26.9 Å². The van der Waals surface area contributed by atoms with Crippen molar-refractivity contribution >= 4 is 34.4 Å². The third-order valence-electron chi connectivity index (χ3n) is 2.34. The van der Waals surface area contributed by atoms with Crippen LogP contribution in [-0.2, 0) is 4.79 Å². The highest BCUT2D eigenvalue weighted by Crippen LogP contribution is 2.40. The lowest BCUT2D eigenvalue weighted by Crippen LogP contribution is -2.09. The first kappa shape index (κ1) is 15.4. The van der Waals surface area contributed by atoms with Crippen LogP contribution in [0.25, 0.3) is 0 Å². The van der Waals surface area contributed by atoms with Gasteiger partial charge >= 0.3 is 0 Å². The Bertz CT molecular complexity index is 595. The minimum Gasteiger partial charge on any atom is -0.298 e. The average Bonchev–Trinajstić information content (AvgIpc) is 2.35. The fourth-order valence-electron chi connectivity index (χ4n) is 1.48. The van der Waals surface area contributed by atoms with E-state index in [4.69, 9.17) is 11.6 Å². The summed E-state index contributed by atoms with van der Waals surface area (Å²) >= 11 is 5.64. The van der Waals surface area contributed by atoms with E-state index in [1.54, 1.807) is 0 Å². The van der Waals surface area contributed by atoms with Crippen molar-refractivity contribution in [3.05, 3.63) is 48.0 Å². The first-order chi connectivity index (χ1) is 9.16. The Morgan fingerprint density at radius 2 is 1.45 bits per heavy atom. The van der Waals surface area contributed by atoms with Crippen LogP contribution in [0.1, 0.15) is 17.9 Å². The first-order valence-electron chi connectivity index (χ1n) is 4.92. The zero-order valence-electron chi connectivity index (χ0n) is 9.81. The summed E-state index contributed by atoms with van der Waals surface area (Å²) in [4.78, 5) is 40.5. The molecule has 1 unspecified atom stereocenters. The highest BCUT2D eigenvalue weighted by molar-refractivity contribution is 6.31. The van der Waals surface area contributed by atoms with Crippen LogP contribution in [0.3, 0.4) is 0 Å². The van der Waals surface area contributed by atoms with Crippen LogP contribution in [0.15, 0.2) is 12.1 Å². The molecule has 10 nitrogen and oxygen atoms in total. The zero-order valence-corrected chi connectivity index (χ0v) is 10.6. The summed E-state index contributed by atoms with van der Waals surface area (Å²) < 4.78 is 0. The quantitative estimate of drug-likeness (QED) is 0.460. The van der Waals surface area contributed by atoms with E-state index >= 15 is 0 Å². The second kappa shape index (κ2) is 5.57. The summed E-state index contributed by atoms with van der Waals surface area (Å²) in [7, 11) is 0. The van der Waals surface area contributed by atoms with E-state index in [9.17, 15) is 35.1 Å². The van der Waals surface area contributed by atoms with Gasteiger partial charge in [-0.3, -0.25) is 35.1 Å². The molecule has 1 aromatic carbocycles. The van der Waals surface area contributed by atoms with Crippen LogP contribution in [-0.4, -0.2) is 20.6 Å². The third-order valence-corrected chi connectivity index (χ3v) is 2.86. The van der Waals surface area contributed by atoms with E-state index in [0.717, 1.165) is 6.92 Å². The van der Waals surface area contributed by atoms with Gasteiger partial charge in [0, 0.05) is 0 Å². The molecule has 0 bridgehead atoms. The molecular formula is C9H6ClN3O7. The number of hydrogen-bond donors (Lipinski definition) is 0. The fraction of sp³-hybridized carbons (Fsp3) is 0.222. The lowest BCUT2D eigenvalue weighted by atomic mass is 10.0. The molecule has 0 saturated carbocycles. The van der Waals surface area contributed by atoms with Gasteiger partial charge in [0.1, 0.15) is 10.9 Å². The van der Waals surface area contributed by atoms with Gasteiger partial charge in [-0.15, -0.1) is 11.6 Å². The number of nitro groups is 3. The Morgan fingerprint density at radius 1 is 1.05 bits per heavy atom. The van der Waals surface area contributed by atoms with E-state index in [0.29, 0.717) is 12.1 Å². The summed E-state index contributed by atoms with van der Waals surface area (Å²) in [6.07, 6.45) is 0. The third kappa shape index (κ3) is 2.85. The van der Waals surface area contributed by atoms with Crippen molar-refractivity contribution < 1.29 is 19.6 Å². The molecule has 0 amide bonds. The highest BCUT2D eigenvalue weighted by atomic mass is 35.5. The molecule has 1 rings (SSSR count). The van der Waals surface area contributed by atoms with Crippen molar-refractivity contribution in [1.29, 1.82) is 0 Å². The highest BCUT2D eigenvalue weighted by Gasteiger charge is 2.36. The molecule has 0 heterocycles. The SMILES string of the molecule is CC(=O)C(Cl)c1c([N+](=O)[O-])cc([N+](=O)[O-])cc1[N+](=O)[O-]. The van der Waals surface area contributed by atoms with Crippen molar-refractivity contribution in [1.82, 2.24) is 0 Å². The second-order valence-corrected chi connectivity index (χ2v) is 4.08. The smallest absolute Gasteiger partial charge is 0.288 e. The predicted octanol–water partition coefficient (Wildman–Crippen LogP) is 2.28. The second-order valence-electron chi connectivity index (χ2n) is 3.64. The lowest BCUT2D eigenvalue weighted by Gasteiger charge is -2.07. The minimum absolute atomic E-state index is 0.528. The number of Topliss-reactive ketones (excluding diaryl/α,β-unsaturated/α-hetero) is 1. The summed E-state index contributed by atoms with van der Waals surface area (Å²) in [6, 6.07) is 1.06. The van der Waals surface area contributed by atoms with E-state index in [2.05, 4.69) is 0 Å². The van der Waals surface area contributed by atoms with Crippen molar-refractivity contribution in [2.24, 2.45) is 0 Å². The number of halogens is 1. The number of carbonyl (C=O) groups is 1. The van der Waals surface area contributed by atoms with Crippen molar-refractivity contribution in [2.75, 3.05) is 0 Å². The molecule has 0 saturated heterocycles. The molecule has 1 aromatic rings. The van der Waals surface area contributed by atoms with E-state index in [1.165, 1.54) is 0 Å². The molecule has 11 heteroatoms. The molecule has 0 spiro atoms. The molecule has 0 aliphatic rings. The maximum atomic E-state index is 11.2. The molecule has 0 radical (unpaired) electrons. The number of nitrogens with zero attached hydrogens (tertiary/aromatic N) is 3. The van der Waals surface area contributed by atoms with Crippen molar-refractivity contribution in [3.63, 3.8) is 0 Å². The topological polar surface area (TPSA) is 146 Å². The standard InChI is InChI=1S/C9H6ClN3O7/c1-4(14)9(10)8-6(12(17)18)2-5(11(15)16)3-7(8)13(19)20/h2-3,9H,1H3. The number of hydrogen-bond acceptors (Lipinski definition) is 7. The minimum atomic E-state index is -1.64. The summed E-state index contributed by atoms with van der Waals surface area (Å²) in [5.74, 6) is -0.758. The van der Waals surface area contributed by atoms with Crippen molar-refractivity contribution in [2.45, 2.75) is 12.3 Å². The van der Waals surface area contributed by atoms with Gasteiger partial charge in [-0.1, -0.05) is 0 Å². The molecule has 1 atom stereocenters. The average molecular weight is 304 g/mol. The van der Waals surface area contributed by atoms with Gasteiger partial charge < -0.3 is 0 Å². The maximum Gasteiger partial charge on any atom is 0.288 e. The Hall–Kier alpha value is -2.62. The number of ketones is 1. The Balaban J connectivity index is 3.77. The van der Waals surface area contributed by atoms with Crippen LogP contribution in [0.4, 0.5) is 17.1 Å². The van der Waals surface area contributed by atoms with E-state index in [-0.39, 0.29) is 0 Å². The number of carbonyl (C=O) groups excluding carboxylic acids is 1.